The number of hydrogen-bond acceptors (Lipinski definition) is 5. The van der Waals surface area contributed by atoms with Crippen LogP contribution in [0, 0.1) is 0 Å². The van der Waals surface area contributed by atoms with Gasteiger partial charge in [-0.05, 0) is 56.9 Å². The van der Waals surface area contributed by atoms with E-state index in [1.54, 1.807) is 24.4 Å². The lowest BCUT2D eigenvalue weighted by atomic mass is 10.1. The molecule has 30 heavy (non-hydrogen) atoms. The summed E-state index contributed by atoms with van der Waals surface area (Å²) in [5, 5.41) is 7.05. The van der Waals surface area contributed by atoms with Gasteiger partial charge in [-0.1, -0.05) is 0 Å². The van der Waals surface area contributed by atoms with E-state index in [0.717, 1.165) is 38.9 Å². The van der Waals surface area contributed by atoms with Crippen LogP contribution >= 0.6 is 0 Å². The largest absolute Gasteiger partial charge is 0.490 e. The van der Waals surface area contributed by atoms with Gasteiger partial charge in [-0.2, -0.15) is 5.10 Å². The minimum Gasteiger partial charge on any atom is -0.490 e. The van der Waals surface area contributed by atoms with Crippen molar-refractivity contribution >= 4 is 11.8 Å². The summed E-state index contributed by atoms with van der Waals surface area (Å²) in [7, 11) is 0. The van der Waals surface area contributed by atoms with Crippen molar-refractivity contribution in [2.24, 2.45) is 0 Å². The fraction of sp³-hybridized carbons (Fsp3) is 0.500. The summed E-state index contributed by atoms with van der Waals surface area (Å²) in [5.41, 5.74) is 0.493. The van der Waals surface area contributed by atoms with Gasteiger partial charge >= 0.3 is 0 Å². The van der Waals surface area contributed by atoms with E-state index in [1.807, 2.05) is 28.8 Å². The Morgan fingerprint density at radius 2 is 1.97 bits per heavy atom. The molecule has 0 unspecified atom stereocenters. The van der Waals surface area contributed by atoms with Crippen molar-refractivity contribution in [3.05, 3.63) is 42.2 Å². The average molecular weight is 415 g/mol. The number of rotatable bonds is 10. The Labute approximate surface area is 177 Å². The van der Waals surface area contributed by atoms with Crippen LogP contribution in [0.3, 0.4) is 0 Å². The maximum atomic E-state index is 12.5. The number of benzene rings is 1. The molecule has 1 N–H and O–H groups in total. The molecule has 0 saturated carbocycles. The van der Waals surface area contributed by atoms with Crippen molar-refractivity contribution in [1.82, 2.24) is 20.0 Å². The van der Waals surface area contributed by atoms with Crippen molar-refractivity contribution < 1.29 is 19.1 Å². The van der Waals surface area contributed by atoms with Gasteiger partial charge in [0.2, 0.25) is 0 Å². The van der Waals surface area contributed by atoms with E-state index in [-0.39, 0.29) is 18.4 Å². The summed E-state index contributed by atoms with van der Waals surface area (Å²) in [6.45, 7) is 5.15. The van der Waals surface area contributed by atoms with Gasteiger partial charge in [-0.25, -0.2) is 0 Å². The van der Waals surface area contributed by atoms with E-state index in [9.17, 15) is 9.59 Å². The molecule has 1 saturated heterocycles. The van der Waals surface area contributed by atoms with Crippen LogP contribution in [-0.4, -0.2) is 59.3 Å². The molecule has 0 atom stereocenters. The standard InChI is InChI=1S/C22H30N4O4/c1-2-29-20-16-18(22(28)23-10-6-14-26-15-7-11-24-26)8-9-19(20)30-17-21(27)25-12-4-3-5-13-25/h7-9,11,15-16H,2-6,10,12-14,17H2,1H3,(H,23,28). The average Bonchev–Trinajstić information content (AvgIpc) is 3.30. The van der Waals surface area contributed by atoms with Gasteiger partial charge in [-0.15, -0.1) is 0 Å². The summed E-state index contributed by atoms with van der Waals surface area (Å²) in [4.78, 5) is 26.6. The highest BCUT2D eigenvalue weighted by molar-refractivity contribution is 5.94. The molecule has 1 aromatic heterocycles. The fourth-order valence-electron chi connectivity index (χ4n) is 3.39. The molecule has 0 radical (unpaired) electrons. The SMILES string of the molecule is CCOc1cc(C(=O)NCCCn2cccn2)ccc1OCC(=O)N1CCCCC1. The van der Waals surface area contributed by atoms with Crippen LogP contribution < -0.4 is 14.8 Å². The number of piperidine rings is 1. The zero-order valence-electron chi connectivity index (χ0n) is 17.5. The predicted molar refractivity (Wildman–Crippen MR) is 113 cm³/mol. The number of amides is 2. The van der Waals surface area contributed by atoms with Crippen LogP contribution in [-0.2, 0) is 11.3 Å². The van der Waals surface area contributed by atoms with Crippen molar-refractivity contribution in [2.75, 3.05) is 32.8 Å². The molecule has 1 aromatic carbocycles. The van der Waals surface area contributed by atoms with E-state index in [0.29, 0.717) is 30.2 Å². The summed E-state index contributed by atoms with van der Waals surface area (Å²) < 4.78 is 13.2. The Hall–Kier alpha value is -3.03. The van der Waals surface area contributed by atoms with Gasteiger partial charge < -0.3 is 19.7 Å². The number of aryl methyl sites for hydroxylation is 1. The van der Waals surface area contributed by atoms with Crippen molar-refractivity contribution in [3.8, 4) is 11.5 Å². The highest BCUT2D eigenvalue weighted by atomic mass is 16.5. The lowest BCUT2D eigenvalue weighted by Gasteiger charge is -2.26. The van der Waals surface area contributed by atoms with Crippen LogP contribution in [0.5, 0.6) is 11.5 Å². The minimum absolute atomic E-state index is 0.0175. The van der Waals surface area contributed by atoms with Crippen LogP contribution in [0.25, 0.3) is 0 Å². The van der Waals surface area contributed by atoms with Crippen molar-refractivity contribution in [3.63, 3.8) is 0 Å². The molecule has 1 aliphatic rings. The monoisotopic (exact) mass is 414 g/mol. The number of carbonyl (C=O) groups excluding carboxylic acids is 2. The summed E-state index contributed by atoms with van der Waals surface area (Å²) in [6.07, 6.45) is 7.67. The number of hydrogen-bond donors (Lipinski definition) is 1. The Morgan fingerprint density at radius 1 is 1.13 bits per heavy atom. The van der Waals surface area contributed by atoms with Gasteiger partial charge in [-0.3, -0.25) is 14.3 Å². The Balaban J connectivity index is 1.52. The molecular weight excluding hydrogens is 384 g/mol. The lowest BCUT2D eigenvalue weighted by molar-refractivity contribution is -0.134. The first-order chi connectivity index (χ1) is 14.7. The summed E-state index contributed by atoms with van der Waals surface area (Å²) in [5.74, 6) is 0.745. The highest BCUT2D eigenvalue weighted by Crippen LogP contribution is 2.28. The molecule has 8 nitrogen and oxygen atoms in total. The molecule has 0 spiro atoms. The third-order valence-corrected chi connectivity index (χ3v) is 4.97. The van der Waals surface area contributed by atoms with E-state index in [2.05, 4.69) is 10.4 Å². The van der Waals surface area contributed by atoms with Gasteiger partial charge in [0.05, 0.1) is 6.61 Å². The molecule has 8 heteroatoms. The molecule has 0 bridgehead atoms. The number of nitrogens with zero attached hydrogens (tertiary/aromatic N) is 3. The second-order valence-electron chi connectivity index (χ2n) is 7.20. The van der Waals surface area contributed by atoms with E-state index >= 15 is 0 Å². The number of carbonyl (C=O) groups is 2. The Morgan fingerprint density at radius 3 is 2.70 bits per heavy atom. The Bertz CT molecular complexity index is 817. The van der Waals surface area contributed by atoms with Crippen LogP contribution in [0.2, 0.25) is 0 Å². The van der Waals surface area contributed by atoms with Gasteiger partial charge in [0, 0.05) is 44.1 Å². The molecule has 162 valence electrons. The second kappa shape index (κ2) is 11.2. The smallest absolute Gasteiger partial charge is 0.260 e. The van der Waals surface area contributed by atoms with Crippen LogP contribution in [0.15, 0.2) is 36.7 Å². The van der Waals surface area contributed by atoms with Gasteiger partial charge in [0.1, 0.15) is 0 Å². The maximum absolute atomic E-state index is 12.5. The zero-order chi connectivity index (χ0) is 21.2. The molecule has 1 aliphatic heterocycles. The molecule has 3 rings (SSSR count). The molecule has 1 fully saturated rings. The topological polar surface area (TPSA) is 85.7 Å². The lowest BCUT2D eigenvalue weighted by Crippen LogP contribution is -2.38. The Kier molecular flexibility index (Phi) is 8.11. The third kappa shape index (κ3) is 6.23. The van der Waals surface area contributed by atoms with E-state index < -0.39 is 0 Å². The van der Waals surface area contributed by atoms with Crippen LogP contribution in [0.1, 0.15) is 43.0 Å². The maximum Gasteiger partial charge on any atom is 0.260 e. The summed E-state index contributed by atoms with van der Waals surface area (Å²) >= 11 is 0. The highest BCUT2D eigenvalue weighted by Gasteiger charge is 2.18. The predicted octanol–water partition coefficient (Wildman–Crippen LogP) is 2.49. The third-order valence-electron chi connectivity index (χ3n) is 4.97. The van der Waals surface area contributed by atoms with Gasteiger partial charge in [0.15, 0.2) is 18.1 Å². The minimum atomic E-state index is -0.174. The van der Waals surface area contributed by atoms with Crippen molar-refractivity contribution in [1.29, 1.82) is 0 Å². The first kappa shape index (κ1) is 21.7. The normalized spacial score (nSPS) is 13.7. The van der Waals surface area contributed by atoms with Crippen LogP contribution in [0.4, 0.5) is 0 Å². The molecule has 2 aromatic rings. The number of aromatic nitrogens is 2. The number of nitrogens with one attached hydrogen (secondary N) is 1. The van der Waals surface area contributed by atoms with E-state index in [4.69, 9.17) is 9.47 Å². The second-order valence-corrected chi connectivity index (χ2v) is 7.20. The van der Waals surface area contributed by atoms with Crippen molar-refractivity contribution in [2.45, 2.75) is 39.2 Å². The molecule has 2 heterocycles. The first-order valence-corrected chi connectivity index (χ1v) is 10.6. The fourth-order valence-corrected chi connectivity index (χ4v) is 3.39. The molecule has 0 aliphatic carbocycles. The number of likely N-dealkylation sites (tertiary alicyclic amines) is 1. The summed E-state index contributed by atoms with van der Waals surface area (Å²) in [6, 6.07) is 6.91. The zero-order valence-corrected chi connectivity index (χ0v) is 17.5. The van der Waals surface area contributed by atoms with E-state index in [1.165, 1.54) is 6.42 Å². The number of ether oxygens (including phenoxy) is 2. The first-order valence-electron chi connectivity index (χ1n) is 10.6. The quantitative estimate of drug-likeness (QED) is 0.604. The molecule has 2 amide bonds. The van der Waals surface area contributed by atoms with Gasteiger partial charge in [0.25, 0.3) is 11.8 Å². The molecular formula is C22H30N4O4.